The number of rotatable bonds is 11. The normalized spacial score (nSPS) is 12.6. The Labute approximate surface area is 298 Å². The maximum absolute atomic E-state index is 14.4. The lowest BCUT2D eigenvalue weighted by Crippen LogP contribution is -3.00. The smallest absolute Gasteiger partial charge is 0.325 e. The van der Waals surface area contributed by atoms with Crippen LogP contribution in [0.15, 0.2) is 78.7 Å². The van der Waals surface area contributed by atoms with Gasteiger partial charge >= 0.3 is 5.97 Å². The number of nitrogens with one attached hydrogen (secondary N) is 1. The molecule has 0 fully saturated rings. The number of aliphatic hydroxyl groups is 1. The maximum Gasteiger partial charge on any atom is 0.325 e. The summed E-state index contributed by atoms with van der Waals surface area (Å²) in [6, 6.07) is 19.2. The minimum Gasteiger partial charge on any atom is -1.00 e. The zero-order chi connectivity index (χ0) is 32.1. The molecule has 246 valence electrons. The summed E-state index contributed by atoms with van der Waals surface area (Å²) in [6.07, 6.45) is 3.47. The zero-order valence-corrected chi connectivity index (χ0v) is 30.4. The van der Waals surface area contributed by atoms with E-state index in [1.807, 2.05) is 55.0 Å². The standard InChI is InChI=1S/C34H34FN6O3S.2BrH/c1-22-12-26(13-23(2)32(22)44-31(42)16-37-4)17-40-20-38-41(21-40)19-34(43,28-6-5-7-29(35)14-28)24(3)33-39-30(18-45-33)27-10-8-25(15-36)9-11-27;;/h5-14,18,20-21,24,37,43H,16-17,19H2,1-4H3;2*1H/q+1;;/p-1/t24-,34+;;/m0../s1. The van der Waals surface area contributed by atoms with Gasteiger partial charge in [0.1, 0.15) is 23.7 Å². The Balaban J connectivity index is 0.00000300. The molecule has 0 amide bonds. The van der Waals surface area contributed by atoms with Crippen molar-refractivity contribution in [2.24, 2.45) is 0 Å². The summed E-state index contributed by atoms with van der Waals surface area (Å²) in [5.74, 6) is -0.761. The monoisotopic (exact) mass is 784 g/mol. The lowest BCUT2D eigenvalue weighted by atomic mass is 9.82. The fourth-order valence-electron chi connectivity index (χ4n) is 5.35. The number of likely N-dealkylation sites (N-methyl/N-ethyl adjacent to an activating group) is 1. The molecule has 9 nitrogen and oxygen atoms in total. The second kappa shape index (κ2) is 16.3. The van der Waals surface area contributed by atoms with E-state index in [1.54, 1.807) is 48.6 Å². The van der Waals surface area contributed by atoms with Crippen LogP contribution in [0.3, 0.4) is 0 Å². The first-order valence-corrected chi connectivity index (χ1v) is 15.3. The number of esters is 1. The van der Waals surface area contributed by atoms with Crippen LogP contribution in [0.2, 0.25) is 0 Å². The molecule has 0 aliphatic carbocycles. The van der Waals surface area contributed by atoms with Gasteiger partial charge in [-0.1, -0.05) is 31.2 Å². The Hall–Kier alpha value is -3.80. The Bertz CT molecular complexity index is 1850. The van der Waals surface area contributed by atoms with E-state index in [4.69, 9.17) is 15.0 Å². The van der Waals surface area contributed by atoms with Crippen molar-refractivity contribution in [3.63, 3.8) is 0 Å². The fraction of sp³-hybridized carbons (Fsp3) is 0.265. The minimum atomic E-state index is -1.54. The number of halogens is 3. The van der Waals surface area contributed by atoms with Crippen molar-refractivity contribution in [2.45, 2.75) is 45.4 Å². The van der Waals surface area contributed by atoms with E-state index < -0.39 is 17.3 Å². The van der Waals surface area contributed by atoms with Crippen LogP contribution in [-0.4, -0.2) is 39.4 Å². The molecule has 2 aromatic heterocycles. The number of carbonyl (C=O) groups is 1. The molecule has 2 N–H and O–H groups in total. The topological polar surface area (TPSA) is 117 Å². The molecular formula is C34H35Br2FN6O3S. The highest BCUT2D eigenvalue weighted by molar-refractivity contribution is 8.93. The van der Waals surface area contributed by atoms with Gasteiger partial charge in [-0.2, -0.15) is 5.26 Å². The van der Waals surface area contributed by atoms with Gasteiger partial charge in [-0.25, -0.2) is 13.9 Å². The van der Waals surface area contributed by atoms with Crippen LogP contribution in [0.1, 0.15) is 45.7 Å². The lowest BCUT2D eigenvalue weighted by molar-refractivity contribution is -0.689. The molecule has 0 saturated carbocycles. The molecule has 47 heavy (non-hydrogen) atoms. The van der Waals surface area contributed by atoms with E-state index >= 15 is 0 Å². The number of aryl methyl sites for hydroxylation is 2. The van der Waals surface area contributed by atoms with E-state index in [0.29, 0.717) is 28.4 Å². The van der Waals surface area contributed by atoms with Crippen LogP contribution in [-0.2, 0) is 23.5 Å². The summed E-state index contributed by atoms with van der Waals surface area (Å²) < 4.78 is 23.5. The summed E-state index contributed by atoms with van der Waals surface area (Å²) in [6.45, 7) is 6.35. The van der Waals surface area contributed by atoms with Gasteiger partial charge in [0.25, 0.3) is 6.33 Å². The Kier molecular flexibility index (Phi) is 13.1. The highest BCUT2D eigenvalue weighted by Crippen LogP contribution is 2.40. The van der Waals surface area contributed by atoms with Gasteiger partial charge in [0.2, 0.25) is 6.33 Å². The second-order valence-corrected chi connectivity index (χ2v) is 12.0. The molecule has 5 aromatic rings. The second-order valence-electron chi connectivity index (χ2n) is 11.1. The van der Waals surface area contributed by atoms with Crippen LogP contribution >= 0.6 is 28.3 Å². The van der Waals surface area contributed by atoms with Gasteiger partial charge in [0, 0.05) is 22.0 Å². The summed E-state index contributed by atoms with van der Waals surface area (Å²) >= 11 is 1.42. The average Bonchev–Trinajstić information content (AvgIpc) is 3.69. The number of hydrogen-bond donors (Lipinski definition) is 2. The van der Waals surface area contributed by atoms with Gasteiger partial charge in [0.05, 0.1) is 35.4 Å². The molecule has 0 bridgehead atoms. The molecule has 0 unspecified atom stereocenters. The van der Waals surface area contributed by atoms with Gasteiger partial charge < -0.3 is 32.1 Å². The molecule has 2 heterocycles. The first-order valence-electron chi connectivity index (χ1n) is 14.4. The quantitative estimate of drug-likeness (QED) is 0.120. The van der Waals surface area contributed by atoms with Crippen molar-refractivity contribution < 1.29 is 40.6 Å². The first kappa shape index (κ1) is 37.7. The number of hydrogen-bond acceptors (Lipinski definition) is 8. The molecule has 0 radical (unpaired) electrons. The SMILES string of the molecule is Br.CNCC(=O)Oc1c(C)cc(C[n+]2cnn(C[C@](O)(c3cccc(F)c3)[C@@H](C)c3nc(-c4ccc(C#N)cc4)cs3)c2)cc1C.[Br-]. The summed E-state index contributed by atoms with van der Waals surface area (Å²) in [5.41, 5.74) is 3.72. The molecule has 0 saturated heterocycles. The van der Waals surface area contributed by atoms with E-state index in [1.165, 1.54) is 23.5 Å². The summed E-state index contributed by atoms with van der Waals surface area (Å²) in [4.78, 5) is 16.8. The third-order valence-corrected chi connectivity index (χ3v) is 8.73. The number of carbonyl (C=O) groups excluding carboxylic acids is 1. The van der Waals surface area contributed by atoms with Crippen molar-refractivity contribution in [1.82, 2.24) is 20.1 Å². The Morgan fingerprint density at radius 2 is 1.89 bits per heavy atom. The molecule has 0 aliphatic heterocycles. The lowest BCUT2D eigenvalue weighted by Gasteiger charge is -2.31. The first-order chi connectivity index (χ1) is 21.6. The largest absolute Gasteiger partial charge is 1.00 e. The molecule has 13 heteroatoms. The van der Waals surface area contributed by atoms with Crippen LogP contribution < -0.4 is 31.6 Å². The van der Waals surface area contributed by atoms with Crippen molar-refractivity contribution in [3.05, 3.63) is 117 Å². The molecule has 3 aromatic carbocycles. The van der Waals surface area contributed by atoms with Gasteiger partial charge in [-0.3, -0.25) is 4.79 Å². The molecule has 5 rings (SSSR count). The Morgan fingerprint density at radius 1 is 1.19 bits per heavy atom. The van der Waals surface area contributed by atoms with Crippen molar-refractivity contribution >= 4 is 34.3 Å². The number of thiazole rings is 1. The van der Waals surface area contributed by atoms with Crippen LogP contribution in [0.4, 0.5) is 4.39 Å². The third kappa shape index (κ3) is 8.77. The predicted octanol–water partition coefficient (Wildman–Crippen LogP) is 2.37. The highest BCUT2D eigenvalue weighted by atomic mass is 79.9. The van der Waals surface area contributed by atoms with E-state index in [-0.39, 0.29) is 53.0 Å². The maximum atomic E-state index is 14.4. The Morgan fingerprint density at radius 3 is 2.53 bits per heavy atom. The molecular weight excluding hydrogens is 751 g/mol. The predicted molar refractivity (Wildman–Crippen MR) is 178 cm³/mol. The van der Waals surface area contributed by atoms with Crippen LogP contribution in [0.25, 0.3) is 11.3 Å². The van der Waals surface area contributed by atoms with Crippen molar-refractivity contribution in [1.29, 1.82) is 5.26 Å². The number of aromatic nitrogens is 4. The van der Waals surface area contributed by atoms with Gasteiger partial charge in [0.15, 0.2) is 0 Å². The van der Waals surface area contributed by atoms with Gasteiger partial charge in [-0.15, -0.1) is 33.0 Å². The van der Waals surface area contributed by atoms with E-state index in [2.05, 4.69) is 16.5 Å². The molecule has 2 atom stereocenters. The number of ether oxygens (including phenoxy) is 1. The number of benzene rings is 3. The number of nitriles is 1. The van der Waals surface area contributed by atoms with Crippen LogP contribution in [0.5, 0.6) is 5.75 Å². The molecule has 0 spiro atoms. The summed E-state index contributed by atoms with van der Waals surface area (Å²) in [7, 11) is 1.69. The van der Waals surface area contributed by atoms with Crippen molar-refractivity contribution in [3.8, 4) is 23.1 Å². The highest BCUT2D eigenvalue weighted by Gasteiger charge is 2.41. The third-order valence-electron chi connectivity index (χ3n) is 7.70. The van der Waals surface area contributed by atoms with Gasteiger partial charge in [-0.05, 0) is 79.5 Å². The summed E-state index contributed by atoms with van der Waals surface area (Å²) in [5, 5.41) is 31.3. The average molecular weight is 787 g/mol. The fourth-order valence-corrected chi connectivity index (χ4v) is 6.32. The van der Waals surface area contributed by atoms with Crippen molar-refractivity contribution in [2.75, 3.05) is 13.6 Å². The van der Waals surface area contributed by atoms with E-state index in [0.717, 1.165) is 27.9 Å². The molecule has 0 aliphatic rings. The number of nitrogens with zero attached hydrogens (tertiary/aromatic N) is 5. The minimum absolute atomic E-state index is 0. The zero-order valence-electron chi connectivity index (χ0n) is 26.3. The van der Waals surface area contributed by atoms with Crippen LogP contribution in [0, 0.1) is 31.0 Å². The van der Waals surface area contributed by atoms with E-state index in [9.17, 15) is 14.3 Å².